The molecule has 202 valence electrons. The number of hydrogen-bond acceptors (Lipinski definition) is 6. The highest BCUT2D eigenvalue weighted by Crippen LogP contribution is 2.57. The Morgan fingerprint density at radius 3 is 2.72 bits per heavy atom. The molecule has 2 aromatic carbocycles. The van der Waals surface area contributed by atoms with Gasteiger partial charge in [0.15, 0.2) is 0 Å². The number of Topliss-reactive ketones (excluding diaryl/α,β-unsaturated/α-hetero) is 1. The lowest BCUT2D eigenvalue weighted by molar-refractivity contribution is -0.126. The van der Waals surface area contributed by atoms with Crippen LogP contribution in [0.3, 0.4) is 0 Å². The maximum atomic E-state index is 13.2. The molecule has 6 rings (SSSR count). The lowest BCUT2D eigenvalue weighted by Crippen LogP contribution is -2.61. The zero-order chi connectivity index (χ0) is 27.3. The quantitative estimate of drug-likeness (QED) is 0.401. The Bertz CT molecular complexity index is 1570. The second-order valence-corrected chi connectivity index (χ2v) is 11.2. The van der Waals surface area contributed by atoms with Crippen LogP contribution in [0, 0.1) is 5.92 Å². The molecule has 2 bridgehead atoms. The average Bonchev–Trinajstić information content (AvgIpc) is 2.91. The van der Waals surface area contributed by atoms with E-state index < -0.39 is 16.7 Å². The third-order valence-corrected chi connectivity index (χ3v) is 9.12. The first kappa shape index (κ1) is 25.3. The summed E-state index contributed by atoms with van der Waals surface area (Å²) < 4.78 is 0. The zero-order valence-corrected chi connectivity index (χ0v) is 21.9. The number of phenols is 1. The van der Waals surface area contributed by atoms with Crippen LogP contribution in [0.15, 0.2) is 52.2 Å². The first-order valence-corrected chi connectivity index (χ1v) is 13.5. The highest BCUT2D eigenvalue weighted by molar-refractivity contribution is 5.98. The van der Waals surface area contributed by atoms with Crippen LogP contribution in [0.1, 0.15) is 52.7 Å². The first-order valence-electron chi connectivity index (χ1n) is 13.5. The zero-order valence-electron chi connectivity index (χ0n) is 21.9. The molecule has 4 N–H and O–H groups in total. The summed E-state index contributed by atoms with van der Waals surface area (Å²) in [6, 6.07) is 11.4. The van der Waals surface area contributed by atoms with Crippen LogP contribution >= 0.6 is 0 Å². The topological polar surface area (TPSA) is 135 Å². The van der Waals surface area contributed by atoms with Gasteiger partial charge in [0.25, 0.3) is 11.5 Å². The minimum Gasteiger partial charge on any atom is -0.507 e. The molecule has 0 spiro atoms. The molecule has 3 atom stereocenters. The van der Waals surface area contributed by atoms with Gasteiger partial charge >= 0.3 is 5.69 Å². The number of ketones is 1. The van der Waals surface area contributed by atoms with Crippen molar-refractivity contribution in [3.05, 3.63) is 85.7 Å². The van der Waals surface area contributed by atoms with Gasteiger partial charge in [-0.1, -0.05) is 30.3 Å². The molecule has 0 radical (unpaired) electrons. The van der Waals surface area contributed by atoms with E-state index in [1.54, 1.807) is 18.2 Å². The van der Waals surface area contributed by atoms with Crippen molar-refractivity contribution in [2.24, 2.45) is 5.92 Å². The summed E-state index contributed by atoms with van der Waals surface area (Å²) >= 11 is 0. The van der Waals surface area contributed by atoms with Gasteiger partial charge in [-0.05, 0) is 68.0 Å². The minimum absolute atomic E-state index is 0.0307. The number of nitrogens with zero attached hydrogens (tertiary/aromatic N) is 1. The average molecular weight is 529 g/mol. The lowest BCUT2D eigenvalue weighted by Gasteiger charge is -2.58. The molecular formula is C30H32N4O5. The van der Waals surface area contributed by atoms with E-state index in [0.717, 1.165) is 42.5 Å². The van der Waals surface area contributed by atoms with Crippen LogP contribution in [-0.2, 0) is 23.1 Å². The van der Waals surface area contributed by atoms with Crippen LogP contribution < -0.4 is 16.6 Å². The van der Waals surface area contributed by atoms with Crippen molar-refractivity contribution < 1.29 is 14.7 Å². The number of aromatic nitrogens is 2. The number of carbonyl (C=O) groups excluding carboxylic acids is 2. The van der Waals surface area contributed by atoms with E-state index in [1.807, 2.05) is 18.2 Å². The molecule has 3 aromatic rings. The highest BCUT2D eigenvalue weighted by Gasteiger charge is 2.56. The number of rotatable bonds is 5. The summed E-state index contributed by atoms with van der Waals surface area (Å²) in [7, 11) is 2.15. The monoisotopic (exact) mass is 528 g/mol. The SMILES string of the molecule is CN1CCC23CC(=O)CC[C@H]2[C@H]1Cc1ccc(C(=O)NCCc2ccc(-c4c[nH]c(=O)[nH]c4=O)cc2)c(O)c13. The van der Waals surface area contributed by atoms with E-state index in [1.165, 1.54) is 6.20 Å². The van der Waals surface area contributed by atoms with E-state index in [9.17, 15) is 24.3 Å². The van der Waals surface area contributed by atoms with Gasteiger partial charge in [0.05, 0.1) is 11.1 Å². The van der Waals surface area contributed by atoms with Gasteiger partial charge in [0.2, 0.25) is 0 Å². The fourth-order valence-corrected chi connectivity index (χ4v) is 7.20. The fraction of sp³-hybridized carbons (Fsp3) is 0.400. The fourth-order valence-electron chi connectivity index (χ4n) is 7.20. The number of benzene rings is 2. The van der Waals surface area contributed by atoms with Crippen molar-refractivity contribution in [1.82, 2.24) is 20.2 Å². The number of nitrogens with one attached hydrogen (secondary N) is 3. The molecule has 1 aromatic heterocycles. The van der Waals surface area contributed by atoms with E-state index in [0.29, 0.717) is 48.9 Å². The van der Waals surface area contributed by atoms with Gasteiger partial charge in [0, 0.05) is 42.6 Å². The first-order chi connectivity index (χ1) is 18.8. The maximum Gasteiger partial charge on any atom is 0.325 e. The van der Waals surface area contributed by atoms with Crippen molar-refractivity contribution in [1.29, 1.82) is 0 Å². The normalized spacial score (nSPS) is 24.1. The summed E-state index contributed by atoms with van der Waals surface area (Å²) in [5.74, 6) is 0.244. The number of amides is 1. The number of aromatic hydroxyl groups is 1. The predicted octanol–water partition coefficient (Wildman–Crippen LogP) is 2.28. The van der Waals surface area contributed by atoms with Gasteiger partial charge in [0.1, 0.15) is 11.5 Å². The number of hydrogen-bond donors (Lipinski definition) is 4. The summed E-state index contributed by atoms with van der Waals surface area (Å²) in [4.78, 5) is 56.2. The molecule has 1 saturated carbocycles. The molecule has 1 amide bonds. The van der Waals surface area contributed by atoms with Gasteiger partial charge in [-0.25, -0.2) is 4.79 Å². The largest absolute Gasteiger partial charge is 0.507 e. The molecule has 1 unspecified atom stereocenters. The lowest BCUT2D eigenvalue weighted by atomic mass is 9.52. The Labute approximate surface area is 225 Å². The number of piperidine rings is 1. The van der Waals surface area contributed by atoms with E-state index >= 15 is 0 Å². The third-order valence-electron chi connectivity index (χ3n) is 9.12. The number of aromatic amines is 2. The number of fused-ring (bicyclic) bond motifs is 1. The molecule has 1 aliphatic heterocycles. The van der Waals surface area contributed by atoms with Gasteiger partial charge in [-0.15, -0.1) is 0 Å². The maximum absolute atomic E-state index is 13.2. The Kier molecular flexibility index (Phi) is 6.26. The van der Waals surface area contributed by atoms with Crippen molar-refractivity contribution >= 4 is 11.7 Å². The number of phenolic OH excluding ortho intramolecular Hbond substituents is 1. The molecule has 1 saturated heterocycles. The molecule has 9 heteroatoms. The van der Waals surface area contributed by atoms with E-state index in [-0.39, 0.29) is 23.0 Å². The van der Waals surface area contributed by atoms with Crippen LogP contribution in [0.5, 0.6) is 5.75 Å². The van der Waals surface area contributed by atoms with Crippen molar-refractivity contribution in [3.63, 3.8) is 0 Å². The predicted molar refractivity (Wildman–Crippen MR) is 146 cm³/mol. The summed E-state index contributed by atoms with van der Waals surface area (Å²) in [5, 5.41) is 14.4. The number of likely N-dealkylation sites (N-methyl/N-ethyl adjacent to an activating group) is 1. The standard InChI is InChI=1S/C30H32N4O5/c1-34-13-11-30-15-20(35)7-9-23(30)24(34)14-19-6-8-21(26(36)25(19)30)27(37)31-12-10-17-2-4-18(5-3-17)22-16-32-29(39)33-28(22)38/h2-6,8,16,23-24,36H,7,9-15H2,1H3,(H,31,37)(H2,32,33,38,39)/t23-,24+,30?/m0/s1. The second kappa shape index (κ2) is 9.64. The molecule has 9 nitrogen and oxygen atoms in total. The highest BCUT2D eigenvalue weighted by atomic mass is 16.3. The van der Waals surface area contributed by atoms with Gasteiger partial charge in [-0.2, -0.15) is 0 Å². The van der Waals surface area contributed by atoms with E-state index in [2.05, 4.69) is 27.2 Å². The second-order valence-electron chi connectivity index (χ2n) is 11.2. The van der Waals surface area contributed by atoms with Crippen LogP contribution in [0.4, 0.5) is 0 Å². The Balaban J connectivity index is 1.18. The van der Waals surface area contributed by atoms with E-state index in [4.69, 9.17) is 0 Å². The van der Waals surface area contributed by atoms with Crippen LogP contribution in [-0.4, -0.2) is 57.8 Å². The number of carbonyl (C=O) groups is 2. The molecule has 2 aliphatic carbocycles. The Hall–Kier alpha value is -3.98. The summed E-state index contributed by atoms with van der Waals surface area (Å²) in [5.41, 5.74) is 2.74. The molecule has 2 heterocycles. The van der Waals surface area contributed by atoms with Gasteiger partial charge in [-0.3, -0.25) is 19.4 Å². The number of H-pyrrole nitrogens is 2. The summed E-state index contributed by atoms with van der Waals surface area (Å²) in [6.07, 6.45) is 5.45. The molecule has 39 heavy (non-hydrogen) atoms. The Morgan fingerprint density at radius 2 is 1.95 bits per heavy atom. The van der Waals surface area contributed by atoms with Gasteiger partial charge < -0.3 is 20.3 Å². The van der Waals surface area contributed by atoms with Crippen LogP contribution in [0.25, 0.3) is 11.1 Å². The molecule has 3 aliphatic rings. The summed E-state index contributed by atoms with van der Waals surface area (Å²) in [6.45, 7) is 1.24. The van der Waals surface area contributed by atoms with Crippen molar-refractivity contribution in [3.8, 4) is 16.9 Å². The third kappa shape index (κ3) is 4.30. The Morgan fingerprint density at radius 1 is 1.15 bits per heavy atom. The van der Waals surface area contributed by atoms with Crippen molar-refractivity contribution in [2.75, 3.05) is 20.1 Å². The molecule has 2 fully saturated rings. The van der Waals surface area contributed by atoms with Crippen molar-refractivity contribution in [2.45, 2.75) is 50.0 Å². The van der Waals surface area contributed by atoms with Crippen LogP contribution in [0.2, 0.25) is 0 Å². The smallest absolute Gasteiger partial charge is 0.325 e. The minimum atomic E-state index is -0.552. The molecular weight excluding hydrogens is 496 g/mol. The number of likely N-dealkylation sites (tertiary alicyclic amines) is 1.